The van der Waals surface area contributed by atoms with E-state index in [-0.39, 0.29) is 6.04 Å². The Morgan fingerprint density at radius 3 is 2.75 bits per heavy atom. The second-order valence-corrected chi connectivity index (χ2v) is 4.88. The molecule has 0 radical (unpaired) electrons. The fourth-order valence-corrected chi connectivity index (χ4v) is 2.47. The Morgan fingerprint density at radius 1 is 1.30 bits per heavy atom. The standard InChI is InChI=1S/C14H19N3O2S/c1-4-7-15-14(12-9-16-20-17-12)11-6-5-10(18-2)8-13(11)19-3/h5-6,8-9,14-15H,4,7H2,1-3H3. The molecule has 1 N–H and O–H groups in total. The van der Waals surface area contributed by atoms with Gasteiger partial charge in [-0.3, -0.25) is 0 Å². The normalized spacial score (nSPS) is 12.2. The van der Waals surface area contributed by atoms with E-state index in [4.69, 9.17) is 9.47 Å². The number of benzene rings is 1. The highest BCUT2D eigenvalue weighted by molar-refractivity contribution is 6.99. The summed E-state index contributed by atoms with van der Waals surface area (Å²) in [7, 11) is 3.31. The first-order valence-corrected chi connectivity index (χ1v) is 7.26. The van der Waals surface area contributed by atoms with Gasteiger partial charge < -0.3 is 14.8 Å². The van der Waals surface area contributed by atoms with Gasteiger partial charge in [0, 0.05) is 11.6 Å². The van der Waals surface area contributed by atoms with Gasteiger partial charge >= 0.3 is 0 Å². The predicted octanol–water partition coefficient (Wildman–Crippen LogP) is 2.64. The second-order valence-electron chi connectivity index (χ2n) is 4.33. The molecule has 0 saturated carbocycles. The molecule has 0 aliphatic heterocycles. The third-order valence-electron chi connectivity index (χ3n) is 3.02. The third kappa shape index (κ3) is 3.26. The maximum absolute atomic E-state index is 5.48. The Morgan fingerprint density at radius 2 is 2.15 bits per heavy atom. The number of hydrogen-bond acceptors (Lipinski definition) is 6. The van der Waals surface area contributed by atoms with Gasteiger partial charge in [-0.15, -0.1) is 0 Å². The van der Waals surface area contributed by atoms with Crippen molar-refractivity contribution in [1.29, 1.82) is 0 Å². The zero-order valence-corrected chi connectivity index (χ0v) is 12.7. The van der Waals surface area contributed by atoms with Crippen molar-refractivity contribution in [2.75, 3.05) is 20.8 Å². The molecule has 108 valence electrons. The summed E-state index contributed by atoms with van der Waals surface area (Å²) in [6.45, 7) is 3.03. The highest BCUT2D eigenvalue weighted by atomic mass is 32.1. The van der Waals surface area contributed by atoms with E-state index < -0.39 is 0 Å². The minimum atomic E-state index is -0.0189. The zero-order chi connectivity index (χ0) is 14.4. The molecule has 0 bridgehead atoms. The predicted molar refractivity (Wildman–Crippen MR) is 79.6 cm³/mol. The smallest absolute Gasteiger partial charge is 0.127 e. The Balaban J connectivity index is 2.37. The first-order valence-electron chi connectivity index (χ1n) is 6.53. The average Bonchev–Trinajstić information content (AvgIpc) is 3.02. The van der Waals surface area contributed by atoms with Gasteiger partial charge in [-0.25, -0.2) is 0 Å². The van der Waals surface area contributed by atoms with Crippen molar-refractivity contribution >= 4 is 11.7 Å². The molecule has 0 amide bonds. The molecule has 2 rings (SSSR count). The summed E-state index contributed by atoms with van der Waals surface area (Å²) in [5.74, 6) is 1.56. The van der Waals surface area contributed by atoms with Crippen LogP contribution in [-0.4, -0.2) is 29.5 Å². The minimum absolute atomic E-state index is 0.0189. The van der Waals surface area contributed by atoms with Crippen LogP contribution in [0.3, 0.4) is 0 Å². The van der Waals surface area contributed by atoms with E-state index in [1.54, 1.807) is 20.4 Å². The molecular formula is C14H19N3O2S. The van der Waals surface area contributed by atoms with Crippen molar-refractivity contribution in [3.63, 3.8) is 0 Å². The van der Waals surface area contributed by atoms with Crippen molar-refractivity contribution in [1.82, 2.24) is 14.1 Å². The lowest BCUT2D eigenvalue weighted by molar-refractivity contribution is 0.387. The first-order chi connectivity index (χ1) is 9.80. The number of nitrogens with zero attached hydrogens (tertiary/aromatic N) is 2. The summed E-state index contributed by atoms with van der Waals surface area (Å²) in [6.07, 6.45) is 2.84. The van der Waals surface area contributed by atoms with Crippen LogP contribution in [0.4, 0.5) is 0 Å². The average molecular weight is 293 g/mol. The second kappa shape index (κ2) is 7.21. The van der Waals surface area contributed by atoms with Gasteiger partial charge in [0.05, 0.1) is 43.9 Å². The van der Waals surface area contributed by atoms with Crippen LogP contribution >= 0.6 is 11.7 Å². The van der Waals surface area contributed by atoms with Crippen molar-refractivity contribution in [2.45, 2.75) is 19.4 Å². The Hall–Kier alpha value is -1.66. The molecular weight excluding hydrogens is 274 g/mol. The summed E-state index contributed by atoms with van der Waals surface area (Å²) < 4.78 is 19.2. The fraction of sp³-hybridized carbons (Fsp3) is 0.429. The van der Waals surface area contributed by atoms with Crippen molar-refractivity contribution in [3.8, 4) is 11.5 Å². The van der Waals surface area contributed by atoms with Crippen LogP contribution in [0, 0.1) is 0 Å². The summed E-state index contributed by atoms with van der Waals surface area (Å²) in [6, 6.07) is 5.80. The number of methoxy groups -OCH3 is 2. The lowest BCUT2D eigenvalue weighted by Crippen LogP contribution is -2.24. The summed E-state index contributed by atoms with van der Waals surface area (Å²) >= 11 is 1.21. The van der Waals surface area contributed by atoms with Gasteiger partial charge in [0.2, 0.25) is 0 Å². The van der Waals surface area contributed by atoms with E-state index in [9.17, 15) is 0 Å². The number of aromatic nitrogens is 2. The van der Waals surface area contributed by atoms with Gasteiger partial charge in [-0.05, 0) is 25.1 Å². The van der Waals surface area contributed by atoms with Crippen molar-refractivity contribution in [3.05, 3.63) is 35.7 Å². The van der Waals surface area contributed by atoms with Gasteiger partial charge in [0.25, 0.3) is 0 Å². The Bertz CT molecular complexity index is 531. The van der Waals surface area contributed by atoms with Crippen LogP contribution < -0.4 is 14.8 Å². The molecule has 0 fully saturated rings. The third-order valence-corrected chi connectivity index (χ3v) is 3.52. The number of hydrogen-bond donors (Lipinski definition) is 1. The molecule has 6 heteroatoms. The van der Waals surface area contributed by atoms with E-state index in [2.05, 4.69) is 21.0 Å². The molecule has 1 heterocycles. The lowest BCUT2D eigenvalue weighted by Gasteiger charge is -2.19. The molecule has 0 aliphatic carbocycles. The minimum Gasteiger partial charge on any atom is -0.497 e. The number of rotatable bonds is 7. The molecule has 1 atom stereocenters. The summed E-state index contributed by atoms with van der Waals surface area (Å²) in [5.41, 5.74) is 1.95. The van der Waals surface area contributed by atoms with Crippen LogP contribution in [-0.2, 0) is 0 Å². The van der Waals surface area contributed by atoms with E-state index in [0.717, 1.165) is 35.7 Å². The zero-order valence-electron chi connectivity index (χ0n) is 11.9. The molecule has 0 saturated heterocycles. The highest BCUT2D eigenvalue weighted by Gasteiger charge is 2.20. The molecule has 20 heavy (non-hydrogen) atoms. The molecule has 0 aliphatic rings. The molecule has 0 spiro atoms. The molecule has 1 aromatic carbocycles. The van der Waals surface area contributed by atoms with Crippen LogP contribution in [0.5, 0.6) is 11.5 Å². The Labute approximate surface area is 123 Å². The molecule has 1 unspecified atom stereocenters. The van der Waals surface area contributed by atoms with Crippen LogP contribution in [0.1, 0.15) is 30.6 Å². The quantitative estimate of drug-likeness (QED) is 0.850. The Kier molecular flexibility index (Phi) is 5.31. The van der Waals surface area contributed by atoms with Gasteiger partial charge in [0.15, 0.2) is 0 Å². The number of nitrogens with one attached hydrogen (secondary N) is 1. The maximum Gasteiger partial charge on any atom is 0.127 e. The monoisotopic (exact) mass is 293 g/mol. The van der Waals surface area contributed by atoms with E-state index in [0.29, 0.717) is 0 Å². The summed E-state index contributed by atoms with van der Waals surface area (Å²) in [4.78, 5) is 0. The molecule has 2 aromatic rings. The lowest BCUT2D eigenvalue weighted by atomic mass is 10.0. The van der Waals surface area contributed by atoms with Gasteiger partial charge in [-0.2, -0.15) is 8.75 Å². The SMILES string of the molecule is CCCNC(c1cnsn1)c1ccc(OC)cc1OC. The summed E-state index contributed by atoms with van der Waals surface area (Å²) in [5, 5.41) is 3.48. The first kappa shape index (κ1) is 14.7. The fourth-order valence-electron chi connectivity index (χ4n) is 2.02. The topological polar surface area (TPSA) is 56.3 Å². The van der Waals surface area contributed by atoms with Crippen LogP contribution in [0.15, 0.2) is 24.4 Å². The molecule has 5 nitrogen and oxygen atoms in total. The van der Waals surface area contributed by atoms with Crippen molar-refractivity contribution in [2.24, 2.45) is 0 Å². The van der Waals surface area contributed by atoms with Gasteiger partial charge in [-0.1, -0.05) is 6.92 Å². The van der Waals surface area contributed by atoms with Crippen molar-refractivity contribution < 1.29 is 9.47 Å². The molecule has 1 aromatic heterocycles. The van der Waals surface area contributed by atoms with Gasteiger partial charge in [0.1, 0.15) is 11.5 Å². The highest BCUT2D eigenvalue weighted by Crippen LogP contribution is 2.32. The van der Waals surface area contributed by atoms with Crippen LogP contribution in [0.25, 0.3) is 0 Å². The number of ether oxygens (including phenoxy) is 2. The van der Waals surface area contributed by atoms with E-state index in [1.165, 1.54) is 11.7 Å². The largest absolute Gasteiger partial charge is 0.497 e. The van der Waals surface area contributed by atoms with E-state index in [1.807, 2.05) is 18.2 Å². The van der Waals surface area contributed by atoms with E-state index >= 15 is 0 Å². The maximum atomic E-state index is 5.48. The van der Waals surface area contributed by atoms with Crippen LogP contribution in [0.2, 0.25) is 0 Å².